The molecule has 17 heavy (non-hydrogen) atoms. The molecule has 98 valence electrons. The number of aryl methyl sites for hydroxylation is 1. The zero-order valence-electron chi connectivity index (χ0n) is 12.2. The molecule has 0 aliphatic rings. The molecule has 0 saturated heterocycles. The Labute approximate surface area is 106 Å². The van der Waals surface area contributed by atoms with E-state index in [-0.39, 0.29) is 0 Å². The minimum Gasteiger partial charge on any atom is -0.313 e. The fourth-order valence-electron chi connectivity index (χ4n) is 2.34. The van der Waals surface area contributed by atoms with E-state index in [1.165, 1.54) is 17.0 Å². The summed E-state index contributed by atoms with van der Waals surface area (Å²) >= 11 is 0. The first-order valence-electron chi connectivity index (χ1n) is 6.80. The second-order valence-electron chi connectivity index (χ2n) is 5.10. The standard InChI is InChI=1S/C14H27N3/c1-7-12-14(11(5)15-6)13(8-2)17(16-12)9-10(3)4/h10-11,15H,7-9H2,1-6H3. The van der Waals surface area contributed by atoms with Crippen LogP contribution in [0.15, 0.2) is 0 Å². The van der Waals surface area contributed by atoms with Gasteiger partial charge in [-0.05, 0) is 32.7 Å². The van der Waals surface area contributed by atoms with Gasteiger partial charge in [0.25, 0.3) is 0 Å². The Morgan fingerprint density at radius 1 is 1.18 bits per heavy atom. The highest BCUT2D eigenvalue weighted by Crippen LogP contribution is 2.24. The summed E-state index contributed by atoms with van der Waals surface area (Å²) in [6.45, 7) is 12.1. The van der Waals surface area contributed by atoms with Gasteiger partial charge >= 0.3 is 0 Å². The van der Waals surface area contributed by atoms with E-state index in [1.807, 2.05) is 7.05 Å². The number of hydrogen-bond donors (Lipinski definition) is 1. The highest BCUT2D eigenvalue weighted by molar-refractivity contribution is 5.30. The van der Waals surface area contributed by atoms with Crippen LogP contribution in [0.4, 0.5) is 0 Å². The maximum atomic E-state index is 4.79. The molecule has 0 aromatic carbocycles. The molecule has 1 rings (SSSR count). The predicted octanol–water partition coefficient (Wildman–Crippen LogP) is 2.94. The molecule has 3 nitrogen and oxygen atoms in total. The lowest BCUT2D eigenvalue weighted by atomic mass is 10.0. The van der Waals surface area contributed by atoms with Crippen LogP contribution in [0.2, 0.25) is 0 Å². The van der Waals surface area contributed by atoms with Crippen LogP contribution in [0.1, 0.15) is 57.6 Å². The van der Waals surface area contributed by atoms with Crippen molar-refractivity contribution in [3.63, 3.8) is 0 Å². The lowest BCUT2D eigenvalue weighted by Crippen LogP contribution is -2.16. The van der Waals surface area contributed by atoms with E-state index in [2.05, 4.69) is 44.6 Å². The first-order chi connectivity index (χ1) is 8.04. The maximum absolute atomic E-state index is 4.79. The summed E-state index contributed by atoms with van der Waals surface area (Å²) in [7, 11) is 2.02. The smallest absolute Gasteiger partial charge is 0.0672 e. The summed E-state index contributed by atoms with van der Waals surface area (Å²) in [4.78, 5) is 0. The van der Waals surface area contributed by atoms with Crippen molar-refractivity contribution in [2.75, 3.05) is 7.05 Å². The molecule has 1 unspecified atom stereocenters. The van der Waals surface area contributed by atoms with Gasteiger partial charge < -0.3 is 5.32 Å². The third-order valence-electron chi connectivity index (χ3n) is 3.25. The Balaban J connectivity index is 3.20. The summed E-state index contributed by atoms with van der Waals surface area (Å²) in [6.07, 6.45) is 2.07. The molecule has 1 aromatic rings. The van der Waals surface area contributed by atoms with Gasteiger partial charge in [-0.2, -0.15) is 5.10 Å². The third-order valence-corrected chi connectivity index (χ3v) is 3.25. The molecular formula is C14H27N3. The van der Waals surface area contributed by atoms with Crippen molar-refractivity contribution in [1.29, 1.82) is 0 Å². The van der Waals surface area contributed by atoms with E-state index in [4.69, 9.17) is 5.10 Å². The summed E-state index contributed by atoms with van der Waals surface area (Å²) in [5.41, 5.74) is 4.07. The van der Waals surface area contributed by atoms with E-state index >= 15 is 0 Å². The van der Waals surface area contributed by atoms with Crippen LogP contribution in [0.5, 0.6) is 0 Å². The number of hydrogen-bond acceptors (Lipinski definition) is 2. The van der Waals surface area contributed by atoms with E-state index in [0.29, 0.717) is 12.0 Å². The minimum atomic E-state index is 0.390. The average molecular weight is 237 g/mol. The van der Waals surface area contributed by atoms with E-state index in [1.54, 1.807) is 0 Å². The summed E-state index contributed by atoms with van der Waals surface area (Å²) < 4.78 is 2.21. The fourth-order valence-corrected chi connectivity index (χ4v) is 2.34. The van der Waals surface area contributed by atoms with Crippen molar-refractivity contribution in [2.45, 2.75) is 60.0 Å². The van der Waals surface area contributed by atoms with Gasteiger partial charge in [0.15, 0.2) is 0 Å². The SMILES string of the molecule is CCc1nn(CC(C)C)c(CC)c1C(C)NC. The van der Waals surface area contributed by atoms with Crippen LogP contribution in [0.3, 0.4) is 0 Å². The molecule has 1 heterocycles. The predicted molar refractivity (Wildman–Crippen MR) is 73.3 cm³/mol. The van der Waals surface area contributed by atoms with Gasteiger partial charge in [-0.15, -0.1) is 0 Å². The molecule has 0 saturated carbocycles. The fraction of sp³-hybridized carbons (Fsp3) is 0.786. The largest absolute Gasteiger partial charge is 0.313 e. The van der Waals surface area contributed by atoms with Crippen LogP contribution < -0.4 is 5.32 Å². The number of aromatic nitrogens is 2. The molecular weight excluding hydrogens is 210 g/mol. The molecule has 0 radical (unpaired) electrons. The summed E-state index contributed by atoms with van der Waals surface area (Å²) in [6, 6.07) is 0.390. The summed E-state index contributed by atoms with van der Waals surface area (Å²) in [5, 5.41) is 8.13. The second-order valence-corrected chi connectivity index (χ2v) is 5.10. The molecule has 1 N–H and O–H groups in total. The van der Waals surface area contributed by atoms with Gasteiger partial charge in [0.05, 0.1) is 5.69 Å². The number of nitrogens with one attached hydrogen (secondary N) is 1. The Hall–Kier alpha value is -0.830. The van der Waals surface area contributed by atoms with Crippen molar-refractivity contribution >= 4 is 0 Å². The Morgan fingerprint density at radius 3 is 2.24 bits per heavy atom. The zero-order valence-corrected chi connectivity index (χ0v) is 12.2. The molecule has 0 fully saturated rings. The van der Waals surface area contributed by atoms with Crippen molar-refractivity contribution < 1.29 is 0 Å². The van der Waals surface area contributed by atoms with Gasteiger partial charge in [0, 0.05) is 23.8 Å². The monoisotopic (exact) mass is 237 g/mol. The minimum absolute atomic E-state index is 0.390. The van der Waals surface area contributed by atoms with Crippen molar-refractivity contribution in [3.8, 4) is 0 Å². The molecule has 0 bridgehead atoms. The van der Waals surface area contributed by atoms with E-state index in [9.17, 15) is 0 Å². The van der Waals surface area contributed by atoms with Gasteiger partial charge in [0.1, 0.15) is 0 Å². The molecule has 3 heteroatoms. The average Bonchev–Trinajstić information content (AvgIpc) is 2.64. The van der Waals surface area contributed by atoms with E-state index in [0.717, 1.165) is 19.4 Å². The second kappa shape index (κ2) is 6.20. The van der Waals surface area contributed by atoms with Crippen molar-refractivity contribution in [1.82, 2.24) is 15.1 Å². The molecule has 0 spiro atoms. The number of nitrogens with zero attached hydrogens (tertiary/aromatic N) is 2. The number of rotatable bonds is 6. The third kappa shape index (κ3) is 3.09. The van der Waals surface area contributed by atoms with Gasteiger partial charge in [-0.1, -0.05) is 27.7 Å². The molecule has 1 aromatic heterocycles. The Bertz CT molecular complexity index is 353. The first-order valence-corrected chi connectivity index (χ1v) is 6.80. The Morgan fingerprint density at radius 2 is 1.82 bits per heavy atom. The molecule has 1 atom stereocenters. The molecule has 0 amide bonds. The van der Waals surface area contributed by atoms with Crippen LogP contribution in [-0.2, 0) is 19.4 Å². The van der Waals surface area contributed by atoms with Gasteiger partial charge in [-0.25, -0.2) is 0 Å². The quantitative estimate of drug-likeness (QED) is 0.824. The lowest BCUT2D eigenvalue weighted by Gasteiger charge is -2.14. The highest BCUT2D eigenvalue weighted by atomic mass is 15.3. The van der Waals surface area contributed by atoms with E-state index < -0.39 is 0 Å². The molecule has 0 aliphatic carbocycles. The topological polar surface area (TPSA) is 29.9 Å². The zero-order chi connectivity index (χ0) is 13.0. The van der Waals surface area contributed by atoms with Crippen molar-refractivity contribution in [2.24, 2.45) is 5.92 Å². The Kier molecular flexibility index (Phi) is 5.19. The van der Waals surface area contributed by atoms with Gasteiger partial charge in [-0.3, -0.25) is 4.68 Å². The maximum Gasteiger partial charge on any atom is 0.0672 e. The van der Waals surface area contributed by atoms with Crippen molar-refractivity contribution in [3.05, 3.63) is 17.0 Å². The van der Waals surface area contributed by atoms with Crippen LogP contribution in [0, 0.1) is 5.92 Å². The van der Waals surface area contributed by atoms with Crippen LogP contribution >= 0.6 is 0 Å². The normalized spacial score (nSPS) is 13.4. The van der Waals surface area contributed by atoms with Crippen LogP contribution in [0.25, 0.3) is 0 Å². The summed E-state index contributed by atoms with van der Waals surface area (Å²) in [5.74, 6) is 0.641. The molecule has 0 aliphatic heterocycles. The highest BCUT2D eigenvalue weighted by Gasteiger charge is 2.19. The first kappa shape index (κ1) is 14.2. The van der Waals surface area contributed by atoms with Gasteiger partial charge in [0.2, 0.25) is 0 Å². The lowest BCUT2D eigenvalue weighted by molar-refractivity contribution is 0.466. The van der Waals surface area contributed by atoms with Crippen LogP contribution in [-0.4, -0.2) is 16.8 Å².